The number of hydrogen-bond donors (Lipinski definition) is 1. The van der Waals surface area contributed by atoms with Gasteiger partial charge in [-0.25, -0.2) is 0 Å². The molecule has 2 rings (SSSR count). The van der Waals surface area contributed by atoms with Gasteiger partial charge in [0, 0.05) is 16.8 Å². The lowest BCUT2D eigenvalue weighted by atomic mass is 10.1. The Kier molecular flexibility index (Phi) is 3.58. The van der Waals surface area contributed by atoms with Crippen LogP contribution < -0.4 is 10.5 Å². The second-order valence-corrected chi connectivity index (χ2v) is 4.36. The molecule has 0 spiro atoms. The number of hydrogen-bond acceptors (Lipinski definition) is 3. The summed E-state index contributed by atoms with van der Waals surface area (Å²) in [6, 6.07) is 11.6. The number of methoxy groups -OCH3 is 1. The van der Waals surface area contributed by atoms with Crippen molar-refractivity contribution in [2.45, 2.75) is 6.92 Å². The van der Waals surface area contributed by atoms with Gasteiger partial charge in [0.2, 0.25) is 0 Å². The third kappa shape index (κ3) is 2.49. The van der Waals surface area contributed by atoms with Gasteiger partial charge in [-0.1, -0.05) is 12.2 Å². The first kappa shape index (κ1) is 12.5. The Morgan fingerprint density at radius 2 is 1.83 bits per heavy atom. The van der Waals surface area contributed by atoms with Crippen LogP contribution in [0.3, 0.4) is 0 Å². The quantitative estimate of drug-likeness (QED) is 0.860. The molecule has 0 radical (unpaired) electrons. The second-order valence-electron chi connectivity index (χ2n) is 3.92. The van der Waals surface area contributed by atoms with Crippen molar-refractivity contribution < 1.29 is 4.74 Å². The smallest absolute Gasteiger partial charge is 0.118 e. The lowest BCUT2D eigenvalue weighted by Crippen LogP contribution is -2.12. The summed E-state index contributed by atoms with van der Waals surface area (Å²) in [7, 11) is 1.65. The van der Waals surface area contributed by atoms with E-state index in [0.29, 0.717) is 4.99 Å². The molecule has 2 N–H and O–H groups in total. The Morgan fingerprint density at radius 3 is 2.33 bits per heavy atom. The lowest BCUT2D eigenvalue weighted by molar-refractivity contribution is 0.415. The summed E-state index contributed by atoms with van der Waals surface area (Å²) in [6.45, 7) is 1.90. The van der Waals surface area contributed by atoms with Gasteiger partial charge in [0.25, 0.3) is 0 Å². The van der Waals surface area contributed by atoms with E-state index in [4.69, 9.17) is 22.7 Å². The van der Waals surface area contributed by atoms with Crippen LogP contribution in [0.5, 0.6) is 5.75 Å². The van der Waals surface area contributed by atoms with E-state index in [-0.39, 0.29) is 0 Å². The Morgan fingerprint density at radius 1 is 1.17 bits per heavy atom. The predicted octanol–water partition coefficient (Wildman–Crippen LogP) is 2.70. The number of rotatable bonds is 3. The van der Waals surface area contributed by atoms with Crippen molar-refractivity contribution in [3.63, 3.8) is 0 Å². The van der Waals surface area contributed by atoms with Crippen LogP contribution >= 0.6 is 12.2 Å². The minimum Gasteiger partial charge on any atom is -0.497 e. The lowest BCUT2D eigenvalue weighted by Gasteiger charge is -2.07. The van der Waals surface area contributed by atoms with Gasteiger partial charge in [-0.15, -0.1) is 0 Å². The first-order valence-corrected chi connectivity index (χ1v) is 5.94. The van der Waals surface area contributed by atoms with E-state index in [9.17, 15) is 0 Å². The first-order chi connectivity index (χ1) is 8.61. The summed E-state index contributed by atoms with van der Waals surface area (Å²) >= 11 is 4.96. The average Bonchev–Trinajstić information content (AvgIpc) is 2.38. The molecule has 0 saturated heterocycles. The normalized spacial score (nSPS) is 10.1. The van der Waals surface area contributed by atoms with Crippen molar-refractivity contribution in [3.8, 4) is 17.0 Å². The molecule has 92 valence electrons. The van der Waals surface area contributed by atoms with Crippen LogP contribution in [0.25, 0.3) is 11.3 Å². The number of pyridine rings is 1. The van der Waals surface area contributed by atoms with Crippen LogP contribution in [-0.4, -0.2) is 17.1 Å². The topological polar surface area (TPSA) is 48.1 Å². The van der Waals surface area contributed by atoms with Crippen molar-refractivity contribution in [1.29, 1.82) is 0 Å². The number of ether oxygens (including phenoxy) is 1. The summed E-state index contributed by atoms with van der Waals surface area (Å²) in [5, 5.41) is 0. The number of thiocarbonyl (C=S) groups is 1. The summed E-state index contributed by atoms with van der Waals surface area (Å²) in [5.74, 6) is 0.829. The van der Waals surface area contributed by atoms with Crippen LogP contribution in [0.2, 0.25) is 0 Å². The highest BCUT2D eigenvalue weighted by Gasteiger charge is 2.05. The molecule has 1 aromatic heterocycles. The van der Waals surface area contributed by atoms with E-state index in [1.165, 1.54) is 0 Å². The molecule has 0 fully saturated rings. The van der Waals surface area contributed by atoms with E-state index < -0.39 is 0 Å². The van der Waals surface area contributed by atoms with E-state index in [2.05, 4.69) is 4.98 Å². The Labute approximate surface area is 112 Å². The zero-order valence-electron chi connectivity index (χ0n) is 10.3. The maximum absolute atomic E-state index is 5.62. The fourth-order valence-corrected chi connectivity index (χ4v) is 1.96. The average molecular weight is 258 g/mol. The van der Waals surface area contributed by atoms with E-state index in [1.54, 1.807) is 7.11 Å². The molecule has 3 nitrogen and oxygen atoms in total. The molecule has 1 heterocycles. The van der Waals surface area contributed by atoms with Gasteiger partial charge < -0.3 is 10.5 Å². The van der Waals surface area contributed by atoms with Gasteiger partial charge in [-0.3, -0.25) is 4.98 Å². The molecule has 0 atom stereocenters. The van der Waals surface area contributed by atoms with Crippen LogP contribution in [0, 0.1) is 6.92 Å². The van der Waals surface area contributed by atoms with Crippen molar-refractivity contribution in [1.82, 2.24) is 4.98 Å². The van der Waals surface area contributed by atoms with Gasteiger partial charge in [0.05, 0.1) is 12.8 Å². The first-order valence-electron chi connectivity index (χ1n) is 5.53. The molecular weight excluding hydrogens is 244 g/mol. The van der Waals surface area contributed by atoms with Crippen molar-refractivity contribution >= 4 is 17.2 Å². The monoisotopic (exact) mass is 258 g/mol. The molecule has 18 heavy (non-hydrogen) atoms. The maximum Gasteiger partial charge on any atom is 0.118 e. The fraction of sp³-hybridized carbons (Fsp3) is 0.143. The fourth-order valence-electron chi connectivity index (χ4n) is 1.74. The van der Waals surface area contributed by atoms with E-state index in [1.807, 2.05) is 43.3 Å². The molecule has 0 aliphatic rings. The van der Waals surface area contributed by atoms with Gasteiger partial charge in [0.1, 0.15) is 10.7 Å². The summed E-state index contributed by atoms with van der Waals surface area (Å²) < 4.78 is 5.13. The number of nitrogens with zero attached hydrogens (tertiary/aromatic N) is 1. The molecule has 0 aliphatic carbocycles. The Bertz CT molecular complexity index is 579. The molecule has 0 bridgehead atoms. The third-order valence-corrected chi connectivity index (χ3v) is 2.96. The highest BCUT2D eigenvalue weighted by molar-refractivity contribution is 7.80. The molecule has 0 unspecified atom stereocenters. The summed E-state index contributed by atoms with van der Waals surface area (Å²) in [4.78, 5) is 4.89. The minimum absolute atomic E-state index is 0.376. The highest BCUT2D eigenvalue weighted by atomic mass is 32.1. The number of aryl methyl sites for hydroxylation is 1. The van der Waals surface area contributed by atoms with Crippen LogP contribution in [0.15, 0.2) is 36.4 Å². The molecule has 2 aromatic rings. The van der Waals surface area contributed by atoms with Crippen LogP contribution in [0.1, 0.15) is 11.3 Å². The Balaban J connectivity index is 2.39. The molecule has 0 amide bonds. The van der Waals surface area contributed by atoms with Crippen LogP contribution in [-0.2, 0) is 0 Å². The molecule has 4 heteroatoms. The van der Waals surface area contributed by atoms with Gasteiger partial charge in [-0.2, -0.15) is 0 Å². The van der Waals surface area contributed by atoms with Gasteiger partial charge in [-0.05, 0) is 43.3 Å². The second kappa shape index (κ2) is 5.14. The van der Waals surface area contributed by atoms with E-state index >= 15 is 0 Å². The van der Waals surface area contributed by atoms with Gasteiger partial charge in [0.15, 0.2) is 0 Å². The summed E-state index contributed by atoms with van der Waals surface area (Å²) in [5.41, 5.74) is 9.21. The predicted molar refractivity (Wildman–Crippen MR) is 76.8 cm³/mol. The van der Waals surface area contributed by atoms with E-state index in [0.717, 1.165) is 28.3 Å². The zero-order chi connectivity index (χ0) is 13.1. The molecule has 0 aliphatic heterocycles. The van der Waals surface area contributed by atoms with Crippen molar-refractivity contribution in [2.24, 2.45) is 5.73 Å². The number of aromatic nitrogens is 1. The summed E-state index contributed by atoms with van der Waals surface area (Å²) in [6.07, 6.45) is 0. The van der Waals surface area contributed by atoms with Gasteiger partial charge >= 0.3 is 0 Å². The molecular formula is C14H14N2OS. The van der Waals surface area contributed by atoms with Crippen molar-refractivity contribution in [3.05, 3.63) is 47.7 Å². The van der Waals surface area contributed by atoms with Crippen LogP contribution in [0.4, 0.5) is 0 Å². The number of nitrogens with two attached hydrogens (primary N) is 1. The molecule has 1 aromatic carbocycles. The standard InChI is InChI=1S/C14H14N2OS/c1-9-12(14(15)18)7-8-13(16-9)10-3-5-11(17-2)6-4-10/h3-8H,1-2H3,(H2,15,18). The Hall–Kier alpha value is -1.94. The molecule has 0 saturated carbocycles. The third-order valence-electron chi connectivity index (χ3n) is 2.74. The van der Waals surface area contributed by atoms with Crippen molar-refractivity contribution in [2.75, 3.05) is 7.11 Å². The zero-order valence-corrected chi connectivity index (χ0v) is 11.1. The maximum atomic E-state index is 5.62. The SMILES string of the molecule is COc1ccc(-c2ccc(C(N)=S)c(C)n2)cc1. The largest absolute Gasteiger partial charge is 0.497 e. The number of benzene rings is 1. The highest BCUT2D eigenvalue weighted by Crippen LogP contribution is 2.21. The minimum atomic E-state index is 0.376.